The molecule has 1 N–H and O–H groups in total. The summed E-state index contributed by atoms with van der Waals surface area (Å²) < 4.78 is 4.87. The van der Waals surface area contributed by atoms with Gasteiger partial charge >= 0.3 is 5.69 Å². The molecular weight excluding hydrogens is 250 g/mol. The molecule has 7 nitrogen and oxygen atoms in total. The summed E-state index contributed by atoms with van der Waals surface area (Å²) >= 11 is 0. The molecule has 0 saturated carbocycles. The van der Waals surface area contributed by atoms with Crippen LogP contribution in [0.2, 0.25) is 0 Å². The minimum atomic E-state index is -1.02. The van der Waals surface area contributed by atoms with Gasteiger partial charge in [0, 0.05) is 17.7 Å². The first-order chi connectivity index (χ1) is 8.80. The van der Waals surface area contributed by atoms with Crippen molar-refractivity contribution in [3.63, 3.8) is 0 Å². The van der Waals surface area contributed by atoms with Crippen molar-refractivity contribution in [1.82, 2.24) is 5.32 Å². The first-order valence-electron chi connectivity index (χ1n) is 5.37. The average molecular weight is 263 g/mol. The van der Waals surface area contributed by atoms with E-state index >= 15 is 0 Å². The van der Waals surface area contributed by atoms with E-state index < -0.39 is 16.4 Å². The lowest BCUT2D eigenvalue weighted by molar-refractivity contribution is -0.385. The smallest absolute Gasteiger partial charge is 0.310 e. The van der Waals surface area contributed by atoms with Crippen molar-refractivity contribution < 1.29 is 14.5 Å². The molecule has 0 fully saturated rings. The summed E-state index contributed by atoms with van der Waals surface area (Å²) in [4.78, 5) is 22.0. The van der Waals surface area contributed by atoms with E-state index in [0.717, 1.165) is 0 Å². The molecule has 0 aliphatic heterocycles. The third-order valence-corrected chi connectivity index (χ3v) is 2.34. The molecule has 1 amide bonds. The summed E-state index contributed by atoms with van der Waals surface area (Å²) in [6, 6.07) is 5.69. The van der Waals surface area contributed by atoms with Crippen molar-refractivity contribution in [1.29, 1.82) is 5.26 Å². The van der Waals surface area contributed by atoms with Crippen LogP contribution in [0.5, 0.6) is 5.75 Å². The Bertz CT molecular complexity index is 561. The number of hydrogen-bond acceptors (Lipinski definition) is 5. The number of nitro groups is 1. The molecule has 7 heteroatoms. The van der Waals surface area contributed by atoms with Gasteiger partial charge in [-0.1, -0.05) is 0 Å². The van der Waals surface area contributed by atoms with Crippen molar-refractivity contribution >= 4 is 11.6 Å². The topological polar surface area (TPSA) is 105 Å². The zero-order valence-corrected chi connectivity index (χ0v) is 10.8. The summed E-state index contributed by atoms with van der Waals surface area (Å²) in [6.45, 7) is 3.10. The van der Waals surface area contributed by atoms with Gasteiger partial charge < -0.3 is 10.1 Å². The highest BCUT2D eigenvalue weighted by Crippen LogP contribution is 2.27. The van der Waals surface area contributed by atoms with Crippen LogP contribution in [-0.4, -0.2) is 23.5 Å². The van der Waals surface area contributed by atoms with E-state index in [0.29, 0.717) is 0 Å². The number of hydrogen-bond donors (Lipinski definition) is 1. The number of rotatable bonds is 4. The number of benzene rings is 1. The highest BCUT2D eigenvalue weighted by molar-refractivity contribution is 5.95. The van der Waals surface area contributed by atoms with E-state index in [2.05, 4.69) is 5.32 Å². The monoisotopic (exact) mass is 263 g/mol. The number of methoxy groups -OCH3 is 1. The van der Waals surface area contributed by atoms with Crippen molar-refractivity contribution in [2.24, 2.45) is 0 Å². The summed E-state index contributed by atoms with van der Waals surface area (Å²) in [5, 5.41) is 22.0. The molecule has 1 aromatic rings. The Morgan fingerprint density at radius 1 is 1.53 bits per heavy atom. The maximum Gasteiger partial charge on any atom is 0.310 e. The fourth-order valence-electron chi connectivity index (χ4n) is 1.35. The maximum atomic E-state index is 11.9. The fourth-order valence-corrected chi connectivity index (χ4v) is 1.35. The fraction of sp³-hybridized carbons (Fsp3) is 0.333. The van der Waals surface area contributed by atoms with Gasteiger partial charge in [-0.25, -0.2) is 0 Å². The molecule has 1 rings (SSSR count). The summed E-state index contributed by atoms with van der Waals surface area (Å²) in [5.41, 5.74) is -1.06. The van der Waals surface area contributed by atoms with E-state index in [4.69, 9.17) is 10.00 Å². The number of nitriles is 1. The molecule has 0 spiro atoms. The standard InChI is InChI=1S/C12H13N3O4/c1-12(2,7-13)14-11(16)8-4-5-9(15(17)18)10(6-8)19-3/h4-6H,1-3H3,(H,14,16). The van der Waals surface area contributed by atoms with Crippen LogP contribution in [-0.2, 0) is 0 Å². The molecule has 0 bridgehead atoms. The molecular formula is C12H13N3O4. The Kier molecular flexibility index (Phi) is 4.07. The molecule has 1 aromatic carbocycles. The second kappa shape index (κ2) is 5.35. The number of nitrogens with zero attached hydrogens (tertiary/aromatic N) is 2. The highest BCUT2D eigenvalue weighted by atomic mass is 16.6. The predicted octanol–water partition coefficient (Wildman–Crippen LogP) is 1.64. The van der Waals surface area contributed by atoms with E-state index in [1.165, 1.54) is 25.3 Å². The van der Waals surface area contributed by atoms with E-state index in [1.807, 2.05) is 6.07 Å². The second-order valence-corrected chi connectivity index (χ2v) is 4.33. The summed E-state index contributed by atoms with van der Waals surface area (Å²) in [6.07, 6.45) is 0. The van der Waals surface area contributed by atoms with Crippen molar-refractivity contribution in [2.75, 3.05) is 7.11 Å². The molecule has 0 saturated heterocycles. The van der Waals surface area contributed by atoms with Crippen LogP contribution in [0.4, 0.5) is 5.69 Å². The van der Waals surface area contributed by atoms with Gasteiger partial charge in [-0.15, -0.1) is 0 Å². The Labute approximate surface area is 109 Å². The third-order valence-electron chi connectivity index (χ3n) is 2.34. The molecule has 0 heterocycles. The van der Waals surface area contributed by atoms with Crippen molar-refractivity contribution in [3.05, 3.63) is 33.9 Å². The van der Waals surface area contributed by atoms with Crippen LogP contribution in [0, 0.1) is 21.4 Å². The molecule has 19 heavy (non-hydrogen) atoms. The molecule has 0 unspecified atom stereocenters. The largest absolute Gasteiger partial charge is 0.490 e. The Morgan fingerprint density at radius 2 is 2.16 bits per heavy atom. The summed E-state index contributed by atoms with van der Waals surface area (Å²) in [7, 11) is 1.28. The van der Waals surface area contributed by atoms with Crippen LogP contribution in [0.15, 0.2) is 18.2 Å². The van der Waals surface area contributed by atoms with Gasteiger partial charge in [0.1, 0.15) is 5.54 Å². The molecule has 0 aromatic heterocycles. The van der Waals surface area contributed by atoms with Gasteiger partial charge in [0.25, 0.3) is 5.91 Å². The third kappa shape index (κ3) is 3.42. The van der Waals surface area contributed by atoms with Gasteiger partial charge in [-0.3, -0.25) is 14.9 Å². The zero-order chi connectivity index (χ0) is 14.6. The van der Waals surface area contributed by atoms with Gasteiger partial charge in [-0.05, 0) is 19.9 Å². The number of carbonyl (C=O) groups is 1. The molecule has 0 aliphatic rings. The van der Waals surface area contributed by atoms with Crippen LogP contribution in [0.25, 0.3) is 0 Å². The Balaban J connectivity index is 3.07. The maximum absolute atomic E-state index is 11.9. The van der Waals surface area contributed by atoms with Crippen LogP contribution in [0.3, 0.4) is 0 Å². The lowest BCUT2D eigenvalue weighted by Crippen LogP contribution is -2.42. The van der Waals surface area contributed by atoms with Crippen molar-refractivity contribution in [2.45, 2.75) is 19.4 Å². The van der Waals surface area contributed by atoms with E-state index in [9.17, 15) is 14.9 Å². The molecule has 0 aliphatic carbocycles. The first-order valence-corrected chi connectivity index (χ1v) is 5.37. The molecule has 100 valence electrons. The van der Waals surface area contributed by atoms with E-state index in [1.54, 1.807) is 13.8 Å². The number of nitro benzene ring substituents is 1. The lowest BCUT2D eigenvalue weighted by atomic mass is 10.1. The van der Waals surface area contributed by atoms with Crippen LogP contribution >= 0.6 is 0 Å². The van der Waals surface area contributed by atoms with Gasteiger partial charge in [-0.2, -0.15) is 5.26 Å². The minimum absolute atomic E-state index is 0.00702. The van der Waals surface area contributed by atoms with Crippen molar-refractivity contribution in [3.8, 4) is 11.8 Å². The van der Waals surface area contributed by atoms with E-state index in [-0.39, 0.29) is 17.0 Å². The summed E-state index contributed by atoms with van der Waals surface area (Å²) in [5.74, 6) is -0.507. The number of amides is 1. The number of ether oxygens (including phenoxy) is 1. The lowest BCUT2D eigenvalue weighted by Gasteiger charge is -2.17. The van der Waals surface area contributed by atoms with Gasteiger partial charge in [0.05, 0.1) is 18.1 Å². The average Bonchev–Trinajstić information content (AvgIpc) is 2.37. The number of carbonyl (C=O) groups excluding carboxylic acids is 1. The van der Waals surface area contributed by atoms with Crippen LogP contribution in [0.1, 0.15) is 24.2 Å². The zero-order valence-electron chi connectivity index (χ0n) is 10.8. The van der Waals surface area contributed by atoms with Crippen LogP contribution < -0.4 is 10.1 Å². The molecule has 0 radical (unpaired) electrons. The second-order valence-electron chi connectivity index (χ2n) is 4.33. The quantitative estimate of drug-likeness (QED) is 0.656. The predicted molar refractivity (Wildman–Crippen MR) is 66.8 cm³/mol. The SMILES string of the molecule is COc1cc(C(=O)NC(C)(C)C#N)ccc1[N+](=O)[O-]. The van der Waals surface area contributed by atoms with Gasteiger partial charge in [0.2, 0.25) is 0 Å². The number of nitrogens with one attached hydrogen (secondary N) is 1. The Hall–Kier alpha value is -2.62. The molecule has 0 atom stereocenters. The Morgan fingerprint density at radius 3 is 2.63 bits per heavy atom. The highest BCUT2D eigenvalue weighted by Gasteiger charge is 2.22. The normalized spacial score (nSPS) is 10.4. The van der Waals surface area contributed by atoms with Gasteiger partial charge in [0.15, 0.2) is 5.75 Å². The first kappa shape index (κ1) is 14.4. The minimum Gasteiger partial charge on any atom is -0.490 e.